The Morgan fingerprint density at radius 3 is 2.82 bits per heavy atom. The normalized spacial score (nSPS) is 10.8. The van der Waals surface area contributed by atoms with Crippen molar-refractivity contribution >= 4 is 34.7 Å². The predicted molar refractivity (Wildman–Crippen MR) is 86.9 cm³/mol. The van der Waals surface area contributed by atoms with Gasteiger partial charge in [0.2, 0.25) is 0 Å². The number of nitrogens with zero attached hydrogens (tertiary/aromatic N) is 4. The van der Waals surface area contributed by atoms with Crippen molar-refractivity contribution in [2.45, 2.75) is 13.3 Å². The lowest BCUT2D eigenvalue weighted by Crippen LogP contribution is -2.04. The van der Waals surface area contributed by atoms with E-state index in [9.17, 15) is 0 Å². The van der Waals surface area contributed by atoms with Crippen LogP contribution in [0.2, 0.25) is 10.0 Å². The lowest BCUT2D eigenvalue weighted by atomic mass is 10.1. The van der Waals surface area contributed by atoms with Crippen molar-refractivity contribution in [1.29, 1.82) is 5.26 Å². The largest absolute Gasteiger partial charge is 0.383 e. The van der Waals surface area contributed by atoms with Crippen molar-refractivity contribution in [3.05, 3.63) is 45.7 Å². The molecule has 3 rings (SSSR count). The van der Waals surface area contributed by atoms with E-state index in [0.717, 1.165) is 16.8 Å². The lowest BCUT2D eigenvalue weighted by Gasteiger charge is -2.06. The Balaban J connectivity index is 2.29. The van der Waals surface area contributed by atoms with Gasteiger partial charge in [-0.05, 0) is 19.1 Å². The summed E-state index contributed by atoms with van der Waals surface area (Å²) in [6.45, 7) is 1.86. The van der Waals surface area contributed by atoms with Gasteiger partial charge in [0.25, 0.3) is 0 Å². The fourth-order valence-electron chi connectivity index (χ4n) is 2.37. The molecular weight excluding hydrogens is 321 g/mol. The maximum absolute atomic E-state index is 8.82. The van der Waals surface area contributed by atoms with E-state index >= 15 is 0 Å². The molecule has 2 heterocycles. The van der Waals surface area contributed by atoms with Gasteiger partial charge in [0.1, 0.15) is 5.82 Å². The number of aryl methyl sites for hydroxylation is 1. The van der Waals surface area contributed by atoms with E-state index in [1.165, 1.54) is 0 Å². The van der Waals surface area contributed by atoms with E-state index in [4.69, 9.17) is 34.2 Å². The zero-order valence-electron chi connectivity index (χ0n) is 11.6. The summed E-state index contributed by atoms with van der Waals surface area (Å²) < 4.78 is 1.54. The molecule has 0 spiro atoms. The van der Waals surface area contributed by atoms with Crippen LogP contribution >= 0.6 is 23.2 Å². The van der Waals surface area contributed by atoms with Crippen molar-refractivity contribution in [2.24, 2.45) is 0 Å². The molecule has 0 atom stereocenters. The van der Waals surface area contributed by atoms with E-state index in [1.54, 1.807) is 22.8 Å². The Hall–Kier alpha value is -2.29. The molecule has 110 valence electrons. The summed E-state index contributed by atoms with van der Waals surface area (Å²) in [6, 6.07) is 7.33. The smallest absolute Gasteiger partial charge is 0.165 e. The van der Waals surface area contributed by atoms with Crippen LogP contribution in [0.4, 0.5) is 5.82 Å². The van der Waals surface area contributed by atoms with Crippen molar-refractivity contribution in [3.63, 3.8) is 0 Å². The first-order chi connectivity index (χ1) is 10.5. The van der Waals surface area contributed by atoms with Gasteiger partial charge in [-0.2, -0.15) is 14.9 Å². The third kappa shape index (κ3) is 2.27. The standard InChI is InChI=1S/C15H11Cl2N5/c1-8-13(11-3-2-10(16)6-12(11)17)15-20-7-9(4-5-18)14(19)22(15)21-8/h2-3,6-7H,4,19H2,1H3. The molecule has 22 heavy (non-hydrogen) atoms. The summed E-state index contributed by atoms with van der Waals surface area (Å²) in [7, 11) is 0. The fourth-order valence-corrected chi connectivity index (χ4v) is 2.88. The van der Waals surface area contributed by atoms with E-state index in [2.05, 4.69) is 16.2 Å². The molecule has 3 aromatic rings. The Morgan fingerprint density at radius 2 is 2.14 bits per heavy atom. The fraction of sp³-hybridized carbons (Fsp3) is 0.133. The van der Waals surface area contributed by atoms with Gasteiger partial charge in [0.15, 0.2) is 5.65 Å². The summed E-state index contributed by atoms with van der Waals surface area (Å²) in [6.07, 6.45) is 1.78. The Morgan fingerprint density at radius 1 is 1.36 bits per heavy atom. The number of nitrogens with two attached hydrogens (primary N) is 1. The first-order valence-electron chi connectivity index (χ1n) is 6.48. The van der Waals surface area contributed by atoms with Crippen molar-refractivity contribution in [2.75, 3.05) is 5.73 Å². The van der Waals surface area contributed by atoms with Crippen LogP contribution in [0.5, 0.6) is 0 Å². The number of nitriles is 1. The maximum atomic E-state index is 8.82. The number of fused-ring (bicyclic) bond motifs is 1. The van der Waals surface area contributed by atoms with E-state index < -0.39 is 0 Å². The Kier molecular flexibility index (Phi) is 3.65. The molecule has 1 aromatic carbocycles. The monoisotopic (exact) mass is 331 g/mol. The molecule has 0 aliphatic carbocycles. The summed E-state index contributed by atoms with van der Waals surface area (Å²) in [4.78, 5) is 4.40. The van der Waals surface area contributed by atoms with Gasteiger partial charge in [0, 0.05) is 22.3 Å². The highest BCUT2D eigenvalue weighted by Gasteiger charge is 2.18. The molecule has 2 aromatic heterocycles. The highest BCUT2D eigenvalue weighted by molar-refractivity contribution is 6.36. The summed E-state index contributed by atoms with van der Waals surface area (Å²) in [5.41, 5.74) is 9.67. The number of nitrogen functional groups attached to an aromatic ring is 1. The average molecular weight is 332 g/mol. The summed E-state index contributed by atoms with van der Waals surface area (Å²) >= 11 is 12.2. The van der Waals surface area contributed by atoms with Crippen LogP contribution in [0.15, 0.2) is 24.4 Å². The molecule has 0 bridgehead atoms. The van der Waals surface area contributed by atoms with Crippen LogP contribution in [0.3, 0.4) is 0 Å². The lowest BCUT2D eigenvalue weighted by molar-refractivity contribution is 0.915. The predicted octanol–water partition coefficient (Wildman–Crippen LogP) is 3.66. The van der Waals surface area contributed by atoms with Crippen LogP contribution < -0.4 is 5.73 Å². The number of rotatable bonds is 2. The molecule has 0 saturated carbocycles. The Bertz CT molecular complexity index is 924. The average Bonchev–Trinajstić information content (AvgIpc) is 2.80. The highest BCUT2D eigenvalue weighted by atomic mass is 35.5. The third-order valence-electron chi connectivity index (χ3n) is 3.41. The quantitative estimate of drug-likeness (QED) is 0.776. The first-order valence-corrected chi connectivity index (χ1v) is 7.23. The zero-order chi connectivity index (χ0) is 15.9. The number of anilines is 1. The molecule has 0 aliphatic rings. The zero-order valence-corrected chi connectivity index (χ0v) is 13.2. The van der Waals surface area contributed by atoms with Crippen LogP contribution in [0.25, 0.3) is 16.8 Å². The maximum Gasteiger partial charge on any atom is 0.165 e. The molecule has 2 N–H and O–H groups in total. The molecule has 7 heteroatoms. The number of halogens is 2. The van der Waals surface area contributed by atoms with Crippen LogP contribution in [-0.2, 0) is 6.42 Å². The molecule has 0 radical (unpaired) electrons. The van der Waals surface area contributed by atoms with Gasteiger partial charge in [-0.15, -0.1) is 0 Å². The van der Waals surface area contributed by atoms with Crippen LogP contribution in [0.1, 0.15) is 11.3 Å². The minimum Gasteiger partial charge on any atom is -0.383 e. The SMILES string of the molecule is Cc1nn2c(N)c(CC#N)cnc2c1-c1ccc(Cl)cc1Cl. The summed E-state index contributed by atoms with van der Waals surface area (Å²) in [5.74, 6) is 0.408. The van der Waals surface area contributed by atoms with Gasteiger partial charge in [-0.1, -0.05) is 29.3 Å². The minimum atomic E-state index is 0.185. The second-order valence-corrected chi connectivity index (χ2v) is 5.67. The van der Waals surface area contributed by atoms with E-state index in [-0.39, 0.29) is 6.42 Å². The number of aromatic nitrogens is 3. The third-order valence-corrected chi connectivity index (χ3v) is 3.95. The summed E-state index contributed by atoms with van der Waals surface area (Å²) in [5, 5.41) is 14.3. The van der Waals surface area contributed by atoms with Gasteiger partial charge < -0.3 is 5.73 Å². The van der Waals surface area contributed by atoms with Gasteiger partial charge in [-0.25, -0.2) is 4.98 Å². The number of benzene rings is 1. The van der Waals surface area contributed by atoms with E-state index in [1.807, 2.05) is 13.0 Å². The van der Waals surface area contributed by atoms with Crippen molar-refractivity contribution in [3.8, 4) is 17.2 Å². The molecule has 5 nitrogen and oxygen atoms in total. The number of hydrogen-bond donors (Lipinski definition) is 1. The minimum absolute atomic E-state index is 0.185. The topological polar surface area (TPSA) is 80.0 Å². The second kappa shape index (κ2) is 5.48. The molecule has 0 amide bonds. The molecule has 0 unspecified atom stereocenters. The second-order valence-electron chi connectivity index (χ2n) is 4.82. The van der Waals surface area contributed by atoms with Gasteiger partial charge in [-0.3, -0.25) is 0 Å². The van der Waals surface area contributed by atoms with Crippen molar-refractivity contribution in [1.82, 2.24) is 14.6 Å². The number of hydrogen-bond acceptors (Lipinski definition) is 4. The molecule has 0 aliphatic heterocycles. The Labute approximate surface area is 136 Å². The molecule has 0 saturated heterocycles. The van der Waals surface area contributed by atoms with Gasteiger partial charge >= 0.3 is 0 Å². The van der Waals surface area contributed by atoms with Gasteiger partial charge in [0.05, 0.1) is 28.8 Å². The van der Waals surface area contributed by atoms with Crippen LogP contribution in [-0.4, -0.2) is 14.6 Å². The molecule has 0 fully saturated rings. The van der Waals surface area contributed by atoms with Crippen molar-refractivity contribution < 1.29 is 0 Å². The van der Waals surface area contributed by atoms with E-state index in [0.29, 0.717) is 27.1 Å². The highest BCUT2D eigenvalue weighted by Crippen LogP contribution is 2.35. The van der Waals surface area contributed by atoms with Crippen LogP contribution in [0, 0.1) is 18.3 Å². The first kappa shape index (κ1) is 14.6. The molecular formula is C15H11Cl2N5.